The average Bonchev–Trinajstić information content (AvgIpc) is 2.68. The molecule has 0 atom stereocenters. The molecule has 0 radical (unpaired) electrons. The van der Waals surface area contributed by atoms with Gasteiger partial charge in [-0.05, 0) is 77.5 Å². The molecule has 3 aromatic carbocycles. The van der Waals surface area contributed by atoms with Crippen LogP contribution in [0.1, 0.15) is 5.56 Å². The Balaban J connectivity index is 1.73. The zero-order chi connectivity index (χ0) is 20.8. The third-order valence-corrected chi connectivity index (χ3v) is 7.21. The number of rotatable bonds is 3. The Morgan fingerprint density at radius 1 is 1.07 bits per heavy atom. The third kappa shape index (κ3) is 3.62. The van der Waals surface area contributed by atoms with E-state index in [-0.39, 0.29) is 10.6 Å². The maximum atomic E-state index is 13.9. The highest BCUT2D eigenvalue weighted by Crippen LogP contribution is 2.43. The summed E-state index contributed by atoms with van der Waals surface area (Å²) in [5, 5.41) is 2.77. The fourth-order valence-electron chi connectivity index (χ4n) is 3.36. The molecule has 0 bridgehead atoms. The summed E-state index contributed by atoms with van der Waals surface area (Å²) in [4.78, 5) is 12.8. The number of nitrogens with one attached hydrogen (secondary N) is 1. The van der Waals surface area contributed by atoms with Crippen molar-refractivity contribution >= 4 is 49.9 Å². The highest BCUT2D eigenvalue weighted by molar-refractivity contribution is 14.1. The largest absolute Gasteiger partial charge is 0.324 e. The molecule has 8 heteroatoms. The van der Waals surface area contributed by atoms with Crippen molar-refractivity contribution in [2.24, 2.45) is 0 Å². The van der Waals surface area contributed by atoms with E-state index in [0.717, 1.165) is 13.4 Å². The monoisotopic (exact) mass is 522 g/mol. The highest BCUT2D eigenvalue weighted by Gasteiger charge is 2.36. The Kier molecular flexibility index (Phi) is 5.07. The third-order valence-electron chi connectivity index (χ3n) is 4.72. The van der Waals surface area contributed by atoms with Gasteiger partial charge in [-0.1, -0.05) is 18.2 Å². The number of nitrogens with zero attached hydrogens (tertiary/aromatic N) is 1. The second-order valence-corrected chi connectivity index (χ2v) is 9.75. The standard InChI is InChI=1S/C21H16FIN2O3S/c1-13-10-15(23)7-8-18(13)24-21(26)12-25-19-9-6-14(22)11-17(19)16-4-2-3-5-20(16)29(25,27)28/h2-11H,12H2,1H3,(H,24,26). The van der Waals surface area contributed by atoms with Crippen LogP contribution in [0, 0.1) is 16.3 Å². The molecular weight excluding hydrogens is 506 g/mol. The van der Waals surface area contributed by atoms with Gasteiger partial charge in [0.15, 0.2) is 0 Å². The lowest BCUT2D eigenvalue weighted by molar-refractivity contribution is -0.114. The summed E-state index contributed by atoms with van der Waals surface area (Å²) in [5.41, 5.74) is 2.63. The Morgan fingerprint density at radius 3 is 2.59 bits per heavy atom. The number of hydrogen-bond donors (Lipinski definition) is 1. The van der Waals surface area contributed by atoms with E-state index in [4.69, 9.17) is 0 Å². The molecule has 1 amide bonds. The number of fused-ring (bicyclic) bond motifs is 3. The van der Waals surface area contributed by atoms with E-state index >= 15 is 0 Å². The number of aryl methyl sites for hydroxylation is 1. The molecule has 1 aliphatic rings. The number of anilines is 2. The molecule has 0 saturated heterocycles. The molecule has 0 unspecified atom stereocenters. The number of carbonyl (C=O) groups is 1. The molecule has 0 spiro atoms. The first kappa shape index (κ1) is 19.8. The van der Waals surface area contributed by atoms with E-state index in [1.807, 2.05) is 19.1 Å². The Morgan fingerprint density at radius 2 is 1.83 bits per heavy atom. The van der Waals surface area contributed by atoms with E-state index in [1.165, 1.54) is 24.3 Å². The molecule has 1 heterocycles. The maximum Gasteiger partial charge on any atom is 0.265 e. The molecule has 1 N–H and O–H groups in total. The topological polar surface area (TPSA) is 66.5 Å². The smallest absolute Gasteiger partial charge is 0.265 e. The lowest BCUT2D eigenvalue weighted by atomic mass is 10.0. The Labute approximate surface area is 181 Å². The second kappa shape index (κ2) is 7.42. The minimum absolute atomic E-state index is 0.0522. The van der Waals surface area contributed by atoms with Crippen LogP contribution in [0.4, 0.5) is 15.8 Å². The van der Waals surface area contributed by atoms with E-state index in [1.54, 1.807) is 24.3 Å². The lowest BCUT2D eigenvalue weighted by Crippen LogP contribution is -2.40. The first-order valence-corrected chi connectivity index (χ1v) is 11.3. The van der Waals surface area contributed by atoms with Gasteiger partial charge >= 0.3 is 0 Å². The first-order valence-electron chi connectivity index (χ1n) is 8.75. The van der Waals surface area contributed by atoms with Crippen molar-refractivity contribution in [2.45, 2.75) is 11.8 Å². The number of hydrogen-bond acceptors (Lipinski definition) is 3. The van der Waals surface area contributed by atoms with Gasteiger partial charge in [-0.3, -0.25) is 9.10 Å². The summed E-state index contributed by atoms with van der Waals surface area (Å²) in [6.07, 6.45) is 0. The van der Waals surface area contributed by atoms with Crippen molar-refractivity contribution in [1.29, 1.82) is 0 Å². The predicted molar refractivity (Wildman–Crippen MR) is 119 cm³/mol. The SMILES string of the molecule is Cc1cc(I)ccc1NC(=O)CN1c2ccc(F)cc2-c2ccccc2S1(=O)=O. The van der Waals surface area contributed by atoms with Crippen LogP contribution in [-0.4, -0.2) is 20.9 Å². The van der Waals surface area contributed by atoms with Gasteiger partial charge < -0.3 is 5.32 Å². The van der Waals surface area contributed by atoms with Crippen LogP contribution in [0.2, 0.25) is 0 Å². The van der Waals surface area contributed by atoms with Crippen LogP contribution in [0.5, 0.6) is 0 Å². The first-order chi connectivity index (χ1) is 13.8. The van der Waals surface area contributed by atoms with Gasteiger partial charge in [-0.2, -0.15) is 0 Å². The summed E-state index contributed by atoms with van der Waals surface area (Å²) in [6.45, 7) is 1.45. The second-order valence-electron chi connectivity index (χ2n) is 6.68. The van der Waals surface area contributed by atoms with E-state index in [0.29, 0.717) is 16.8 Å². The lowest BCUT2D eigenvalue weighted by Gasteiger charge is -2.31. The van der Waals surface area contributed by atoms with E-state index in [2.05, 4.69) is 27.9 Å². The molecule has 0 aromatic heterocycles. The van der Waals surface area contributed by atoms with Crippen molar-refractivity contribution in [3.05, 3.63) is 75.6 Å². The van der Waals surface area contributed by atoms with Gasteiger partial charge in [-0.25, -0.2) is 12.8 Å². The van der Waals surface area contributed by atoms with Crippen LogP contribution in [0.3, 0.4) is 0 Å². The zero-order valence-electron chi connectivity index (χ0n) is 15.3. The molecule has 0 aliphatic carbocycles. The molecule has 148 valence electrons. The summed E-state index contributed by atoms with van der Waals surface area (Å²) >= 11 is 2.18. The van der Waals surface area contributed by atoms with Crippen LogP contribution >= 0.6 is 22.6 Å². The number of amides is 1. The van der Waals surface area contributed by atoms with Crippen molar-refractivity contribution in [1.82, 2.24) is 0 Å². The Hall–Kier alpha value is -2.46. The van der Waals surface area contributed by atoms with Crippen LogP contribution in [0.25, 0.3) is 11.1 Å². The van der Waals surface area contributed by atoms with Gasteiger partial charge in [0.05, 0.1) is 10.6 Å². The quantitative estimate of drug-likeness (QED) is 0.514. The number of halogens is 2. The van der Waals surface area contributed by atoms with Crippen molar-refractivity contribution in [3.8, 4) is 11.1 Å². The van der Waals surface area contributed by atoms with Crippen molar-refractivity contribution in [3.63, 3.8) is 0 Å². The van der Waals surface area contributed by atoms with Gasteiger partial charge in [0.25, 0.3) is 10.0 Å². The summed E-state index contributed by atoms with van der Waals surface area (Å²) in [6, 6.07) is 15.8. The van der Waals surface area contributed by atoms with Gasteiger partial charge in [-0.15, -0.1) is 0 Å². The average molecular weight is 522 g/mol. The molecular formula is C21H16FIN2O3S. The summed E-state index contributed by atoms with van der Waals surface area (Å²) in [7, 11) is -3.96. The van der Waals surface area contributed by atoms with Gasteiger partial charge in [0.2, 0.25) is 5.91 Å². The van der Waals surface area contributed by atoms with Gasteiger partial charge in [0, 0.05) is 20.4 Å². The summed E-state index contributed by atoms with van der Waals surface area (Å²) in [5.74, 6) is -0.954. The fraction of sp³-hybridized carbons (Fsp3) is 0.0952. The molecule has 3 aromatic rings. The molecule has 29 heavy (non-hydrogen) atoms. The minimum Gasteiger partial charge on any atom is -0.324 e. The van der Waals surface area contributed by atoms with Crippen molar-refractivity contribution < 1.29 is 17.6 Å². The molecule has 0 saturated carbocycles. The van der Waals surface area contributed by atoms with Gasteiger partial charge in [0.1, 0.15) is 12.4 Å². The molecule has 4 rings (SSSR count). The maximum absolute atomic E-state index is 13.9. The van der Waals surface area contributed by atoms with Crippen LogP contribution in [0.15, 0.2) is 65.6 Å². The Bertz CT molecular complexity index is 1240. The van der Waals surface area contributed by atoms with Crippen LogP contribution < -0.4 is 9.62 Å². The summed E-state index contributed by atoms with van der Waals surface area (Å²) < 4.78 is 42.4. The fourth-order valence-corrected chi connectivity index (χ4v) is 5.66. The number of sulfonamides is 1. The molecule has 1 aliphatic heterocycles. The minimum atomic E-state index is -3.96. The number of benzene rings is 3. The molecule has 0 fully saturated rings. The highest BCUT2D eigenvalue weighted by atomic mass is 127. The normalized spacial score (nSPS) is 14.1. The predicted octanol–water partition coefficient (Wildman–Crippen LogP) is 4.55. The van der Waals surface area contributed by atoms with E-state index in [9.17, 15) is 17.6 Å². The van der Waals surface area contributed by atoms with E-state index < -0.39 is 28.3 Å². The molecule has 5 nitrogen and oxygen atoms in total. The van der Waals surface area contributed by atoms with Crippen LogP contribution in [-0.2, 0) is 14.8 Å². The van der Waals surface area contributed by atoms with Crippen molar-refractivity contribution in [2.75, 3.05) is 16.2 Å². The zero-order valence-corrected chi connectivity index (χ0v) is 18.3. The number of carbonyl (C=O) groups excluding carboxylic acids is 1.